The van der Waals surface area contributed by atoms with Gasteiger partial charge in [0, 0.05) is 45.2 Å². The van der Waals surface area contributed by atoms with Crippen LogP contribution in [0.3, 0.4) is 0 Å². The number of hydrogen-bond acceptors (Lipinski definition) is 8. The molecule has 10 nitrogen and oxygen atoms in total. The molecule has 34 heavy (non-hydrogen) atoms. The molecule has 0 radical (unpaired) electrons. The number of esters is 1. The highest BCUT2D eigenvalue weighted by atomic mass is 32.2. The fourth-order valence-electron chi connectivity index (χ4n) is 4.26. The van der Waals surface area contributed by atoms with E-state index in [1.54, 1.807) is 0 Å². The zero-order valence-electron chi connectivity index (χ0n) is 20.1. The quantitative estimate of drug-likeness (QED) is 0.125. The van der Waals surface area contributed by atoms with E-state index in [2.05, 4.69) is 40.1 Å². The van der Waals surface area contributed by atoms with E-state index in [1.807, 2.05) is 4.72 Å². The van der Waals surface area contributed by atoms with Crippen LogP contribution in [0, 0.1) is 29.1 Å². The van der Waals surface area contributed by atoms with Crippen LogP contribution in [0.25, 0.3) is 0 Å². The first-order valence-corrected chi connectivity index (χ1v) is 13.1. The maximum absolute atomic E-state index is 11.9. The lowest BCUT2D eigenvalue weighted by atomic mass is 9.95. The van der Waals surface area contributed by atoms with E-state index in [1.165, 1.54) is 6.92 Å². The largest absolute Gasteiger partial charge is 0.479 e. The molecule has 0 aromatic heterocycles. The van der Waals surface area contributed by atoms with Gasteiger partial charge in [0.1, 0.15) is 6.61 Å². The summed E-state index contributed by atoms with van der Waals surface area (Å²) in [5, 5.41) is 3.03. The fraction of sp³-hybridized carbons (Fsp3) is 0.739. The van der Waals surface area contributed by atoms with Gasteiger partial charge in [-0.25, -0.2) is 4.72 Å². The first-order valence-electron chi connectivity index (χ1n) is 11.7. The van der Waals surface area contributed by atoms with E-state index >= 15 is 0 Å². The highest BCUT2D eigenvalue weighted by Crippen LogP contribution is 2.63. The van der Waals surface area contributed by atoms with Crippen molar-refractivity contribution in [3.8, 4) is 11.8 Å². The molecule has 1 saturated carbocycles. The average molecular weight is 500 g/mol. The van der Waals surface area contributed by atoms with Crippen LogP contribution in [0.1, 0.15) is 52.4 Å². The molecule has 192 valence electrons. The molecule has 2 aliphatic rings. The third-order valence-corrected chi connectivity index (χ3v) is 7.30. The molecule has 0 saturated heterocycles. The predicted molar refractivity (Wildman–Crippen MR) is 126 cm³/mol. The summed E-state index contributed by atoms with van der Waals surface area (Å²) >= 11 is 0. The zero-order valence-corrected chi connectivity index (χ0v) is 20.9. The first kappa shape index (κ1) is 28.0. The van der Waals surface area contributed by atoms with E-state index in [0.717, 1.165) is 25.7 Å². The number of nitrogens with one attached hydrogen (secondary N) is 3. The standard InChI is InChI=1S/C23H37N3O7S/c1-18(33-17-21-20-9-6-4-5-7-11-23(20,21)3)24-12-8-10-22(28)26-34(29,30)25-13-14-31-15-16-32-19(2)27/h20-21,24-25H,1,6-17H2,2-3H3,(H,26,28)/t20-,21+,23-/m0/s1. The molecule has 0 aliphatic heterocycles. The molecule has 11 heteroatoms. The van der Waals surface area contributed by atoms with Gasteiger partial charge >= 0.3 is 16.2 Å². The Kier molecular flexibility index (Phi) is 11.1. The summed E-state index contributed by atoms with van der Waals surface area (Å²) in [4.78, 5) is 22.5. The van der Waals surface area contributed by atoms with Crippen molar-refractivity contribution in [2.24, 2.45) is 17.3 Å². The van der Waals surface area contributed by atoms with Gasteiger partial charge in [-0.05, 0) is 37.2 Å². The van der Waals surface area contributed by atoms with Gasteiger partial charge in [0.2, 0.25) is 5.91 Å². The Labute approximate surface area is 202 Å². The smallest absolute Gasteiger partial charge is 0.302 e. The molecule has 1 amide bonds. The Balaban J connectivity index is 1.50. The number of hydrogen-bond donors (Lipinski definition) is 3. The number of fused-ring (bicyclic) bond motifs is 1. The second-order valence-electron chi connectivity index (χ2n) is 8.75. The summed E-state index contributed by atoms with van der Waals surface area (Å²) in [5.41, 5.74) is 0.309. The average Bonchev–Trinajstić information content (AvgIpc) is 3.29. The van der Waals surface area contributed by atoms with Crippen LogP contribution < -0.4 is 14.8 Å². The minimum absolute atomic E-state index is 0.0185. The van der Waals surface area contributed by atoms with Gasteiger partial charge in [0.25, 0.3) is 0 Å². The molecule has 0 unspecified atom stereocenters. The van der Waals surface area contributed by atoms with Crippen molar-refractivity contribution < 1.29 is 32.2 Å². The van der Waals surface area contributed by atoms with Crippen molar-refractivity contribution in [2.75, 3.05) is 39.5 Å². The highest BCUT2D eigenvalue weighted by Gasteiger charge is 2.59. The van der Waals surface area contributed by atoms with Crippen LogP contribution in [-0.2, 0) is 34.0 Å². The minimum atomic E-state index is -3.96. The number of carbonyl (C=O) groups excluding carboxylic acids is 2. The molecule has 0 spiro atoms. The van der Waals surface area contributed by atoms with Crippen molar-refractivity contribution >= 4 is 22.1 Å². The molecular weight excluding hydrogens is 462 g/mol. The zero-order chi connectivity index (χ0) is 25.0. The minimum Gasteiger partial charge on any atom is -0.479 e. The van der Waals surface area contributed by atoms with Crippen LogP contribution in [0.5, 0.6) is 0 Å². The molecule has 2 aliphatic carbocycles. The van der Waals surface area contributed by atoms with E-state index in [9.17, 15) is 18.0 Å². The summed E-state index contributed by atoms with van der Waals surface area (Å²) in [6, 6.07) is 0. The van der Waals surface area contributed by atoms with Crippen LogP contribution in [0.15, 0.2) is 12.5 Å². The second kappa shape index (κ2) is 13.6. The topological polar surface area (TPSA) is 132 Å². The Hall–Kier alpha value is -2.29. The Morgan fingerprint density at radius 3 is 2.65 bits per heavy atom. The first-order chi connectivity index (χ1) is 16.1. The Morgan fingerprint density at radius 1 is 1.12 bits per heavy atom. The van der Waals surface area contributed by atoms with Gasteiger partial charge in [0.05, 0.1) is 19.8 Å². The lowest BCUT2D eigenvalue weighted by molar-refractivity contribution is -0.142. The highest BCUT2D eigenvalue weighted by molar-refractivity contribution is 7.88. The second-order valence-corrected chi connectivity index (χ2v) is 10.3. The third-order valence-electron chi connectivity index (χ3n) is 6.22. The van der Waals surface area contributed by atoms with E-state index in [4.69, 9.17) is 9.47 Å². The monoisotopic (exact) mass is 499 g/mol. The summed E-state index contributed by atoms with van der Waals surface area (Å²) < 4.78 is 43.5. The van der Waals surface area contributed by atoms with Gasteiger partial charge < -0.3 is 19.5 Å². The predicted octanol–water partition coefficient (Wildman–Crippen LogP) is 1.20. The van der Waals surface area contributed by atoms with E-state index in [0.29, 0.717) is 42.7 Å². The van der Waals surface area contributed by atoms with Gasteiger partial charge in [-0.2, -0.15) is 13.1 Å². The molecule has 0 bridgehead atoms. The fourth-order valence-corrected chi connectivity index (χ4v) is 5.08. The van der Waals surface area contributed by atoms with Crippen molar-refractivity contribution in [3.05, 3.63) is 12.5 Å². The van der Waals surface area contributed by atoms with Crippen molar-refractivity contribution in [1.82, 2.24) is 14.8 Å². The molecule has 0 aromatic rings. The summed E-state index contributed by atoms with van der Waals surface area (Å²) in [5.74, 6) is 7.04. The Bertz CT molecular complexity index is 881. The molecule has 0 aromatic carbocycles. The maximum Gasteiger partial charge on any atom is 0.302 e. The van der Waals surface area contributed by atoms with Gasteiger partial charge in [0.15, 0.2) is 5.88 Å². The summed E-state index contributed by atoms with van der Waals surface area (Å²) in [6.07, 6.45) is 4.57. The van der Waals surface area contributed by atoms with Gasteiger partial charge in [-0.3, -0.25) is 9.59 Å². The third kappa shape index (κ3) is 9.91. The summed E-state index contributed by atoms with van der Waals surface area (Å²) in [7, 11) is -3.96. The molecule has 1 fully saturated rings. The van der Waals surface area contributed by atoms with Gasteiger partial charge in [-0.15, -0.1) is 11.8 Å². The SMILES string of the molecule is C=C(NCCCC(=O)NS(=O)(=O)NCCOCCOC(C)=O)OC[C@@H]1[C@@H]2CCC#CCC[C@]12C. The summed E-state index contributed by atoms with van der Waals surface area (Å²) in [6.45, 7) is 8.85. The van der Waals surface area contributed by atoms with Crippen LogP contribution in [0.4, 0.5) is 0 Å². The van der Waals surface area contributed by atoms with Crippen molar-refractivity contribution in [2.45, 2.75) is 52.4 Å². The van der Waals surface area contributed by atoms with E-state index < -0.39 is 22.1 Å². The molecular formula is C23H37N3O7S. The van der Waals surface area contributed by atoms with Crippen LogP contribution >= 0.6 is 0 Å². The normalized spacial score (nSPS) is 23.2. The molecule has 2 rings (SSSR count). The number of amides is 1. The van der Waals surface area contributed by atoms with E-state index in [-0.39, 0.29) is 32.8 Å². The Morgan fingerprint density at radius 2 is 1.88 bits per heavy atom. The molecule has 3 atom stereocenters. The lowest BCUT2D eigenvalue weighted by Gasteiger charge is -2.13. The lowest BCUT2D eigenvalue weighted by Crippen LogP contribution is -2.41. The van der Waals surface area contributed by atoms with Crippen LogP contribution in [0.2, 0.25) is 0 Å². The molecule has 3 N–H and O–H groups in total. The van der Waals surface area contributed by atoms with Crippen molar-refractivity contribution in [1.29, 1.82) is 0 Å². The number of carbonyl (C=O) groups is 2. The maximum atomic E-state index is 11.9. The van der Waals surface area contributed by atoms with Crippen LogP contribution in [-0.4, -0.2) is 59.8 Å². The number of ether oxygens (including phenoxy) is 3. The van der Waals surface area contributed by atoms with Gasteiger partial charge in [-0.1, -0.05) is 6.92 Å². The molecule has 0 heterocycles. The number of rotatable bonds is 16. The van der Waals surface area contributed by atoms with Crippen molar-refractivity contribution in [3.63, 3.8) is 0 Å².